The van der Waals surface area contributed by atoms with Crippen LogP contribution in [0.25, 0.3) is 16.7 Å². The topological polar surface area (TPSA) is 87.3 Å². The predicted molar refractivity (Wildman–Crippen MR) is 85.2 cm³/mol. The van der Waals surface area contributed by atoms with Crippen LogP contribution in [0, 0.1) is 10.1 Å². The normalized spacial score (nSPS) is 10.7. The molecule has 0 spiro atoms. The summed E-state index contributed by atoms with van der Waals surface area (Å²) in [5, 5.41) is 11.0. The quantitative estimate of drug-likeness (QED) is 0.546. The van der Waals surface area contributed by atoms with E-state index in [1.807, 2.05) is 6.92 Å². The van der Waals surface area contributed by atoms with Gasteiger partial charge in [0.1, 0.15) is 5.75 Å². The van der Waals surface area contributed by atoms with Gasteiger partial charge in [-0.1, -0.05) is 0 Å². The van der Waals surface area contributed by atoms with E-state index in [1.54, 1.807) is 24.3 Å². The molecular formula is C16H13N3O4. The number of nitro groups is 1. The molecule has 0 aliphatic heterocycles. The second kappa shape index (κ2) is 5.88. The Balaban J connectivity index is 2.22. The number of non-ortho nitro benzene ring substituents is 1. The fourth-order valence-corrected chi connectivity index (χ4v) is 2.34. The fourth-order valence-electron chi connectivity index (χ4n) is 2.34. The number of rotatable bonds is 4. The summed E-state index contributed by atoms with van der Waals surface area (Å²) in [5.41, 5.74) is 1.03. The fraction of sp³-hybridized carbons (Fsp3) is 0.125. The van der Waals surface area contributed by atoms with E-state index in [-0.39, 0.29) is 11.2 Å². The molecule has 0 aliphatic rings. The van der Waals surface area contributed by atoms with Crippen LogP contribution in [0.1, 0.15) is 6.92 Å². The van der Waals surface area contributed by atoms with E-state index in [0.29, 0.717) is 29.1 Å². The Bertz CT molecular complexity index is 932. The van der Waals surface area contributed by atoms with Crippen LogP contribution in [0.4, 0.5) is 5.69 Å². The minimum atomic E-state index is -0.501. The van der Waals surface area contributed by atoms with Crippen LogP contribution < -0.4 is 10.3 Å². The molecule has 3 rings (SSSR count). The number of hydrogen-bond acceptors (Lipinski definition) is 5. The van der Waals surface area contributed by atoms with Crippen molar-refractivity contribution in [1.29, 1.82) is 0 Å². The summed E-state index contributed by atoms with van der Waals surface area (Å²) in [4.78, 5) is 26.7. The van der Waals surface area contributed by atoms with E-state index in [9.17, 15) is 14.9 Å². The smallest absolute Gasteiger partial charge is 0.274 e. The summed E-state index contributed by atoms with van der Waals surface area (Å²) in [6.07, 6.45) is 1.20. The maximum atomic E-state index is 12.2. The molecule has 7 nitrogen and oxygen atoms in total. The van der Waals surface area contributed by atoms with Gasteiger partial charge in [-0.05, 0) is 37.3 Å². The van der Waals surface area contributed by atoms with Crippen molar-refractivity contribution in [3.8, 4) is 11.4 Å². The summed E-state index contributed by atoms with van der Waals surface area (Å²) >= 11 is 0. The lowest BCUT2D eigenvalue weighted by Gasteiger charge is -2.10. The molecule has 7 heteroatoms. The monoisotopic (exact) mass is 311 g/mol. The second-order valence-corrected chi connectivity index (χ2v) is 4.79. The zero-order valence-electron chi connectivity index (χ0n) is 12.3. The number of nitrogens with zero attached hydrogens (tertiary/aromatic N) is 3. The summed E-state index contributed by atoms with van der Waals surface area (Å²) < 4.78 is 6.77. The summed E-state index contributed by atoms with van der Waals surface area (Å²) in [7, 11) is 0. The molecule has 0 unspecified atom stereocenters. The van der Waals surface area contributed by atoms with Crippen molar-refractivity contribution < 1.29 is 9.66 Å². The highest BCUT2D eigenvalue weighted by Crippen LogP contribution is 2.22. The molecule has 0 aliphatic carbocycles. The molecule has 0 N–H and O–H groups in total. The van der Waals surface area contributed by atoms with Gasteiger partial charge < -0.3 is 4.74 Å². The van der Waals surface area contributed by atoms with Crippen molar-refractivity contribution >= 4 is 16.7 Å². The molecule has 1 heterocycles. The van der Waals surface area contributed by atoms with Gasteiger partial charge >= 0.3 is 0 Å². The standard InChI is InChI=1S/C16H13N3O4/c1-2-23-13-6-3-11(4-7-13)18-15-9-12(19(21)22)5-8-14(15)17-10-16(18)20/h3-10H,2H2,1H3. The minimum absolute atomic E-state index is 0.0930. The molecule has 0 saturated carbocycles. The van der Waals surface area contributed by atoms with Crippen LogP contribution in [0.5, 0.6) is 5.75 Å². The third-order valence-electron chi connectivity index (χ3n) is 3.35. The molecule has 3 aromatic rings. The van der Waals surface area contributed by atoms with Crippen LogP contribution in [-0.4, -0.2) is 21.1 Å². The highest BCUT2D eigenvalue weighted by atomic mass is 16.6. The lowest BCUT2D eigenvalue weighted by atomic mass is 10.2. The van der Waals surface area contributed by atoms with Crippen molar-refractivity contribution in [3.05, 3.63) is 69.1 Å². The molecule has 0 atom stereocenters. The van der Waals surface area contributed by atoms with E-state index in [0.717, 1.165) is 0 Å². The summed E-state index contributed by atoms with van der Waals surface area (Å²) in [6, 6.07) is 11.2. The third kappa shape index (κ3) is 2.76. The lowest BCUT2D eigenvalue weighted by molar-refractivity contribution is -0.384. The van der Waals surface area contributed by atoms with Gasteiger partial charge in [-0.15, -0.1) is 0 Å². The van der Waals surface area contributed by atoms with Gasteiger partial charge in [-0.3, -0.25) is 19.5 Å². The molecule has 0 bridgehead atoms. The Morgan fingerprint density at radius 1 is 1.22 bits per heavy atom. The second-order valence-electron chi connectivity index (χ2n) is 4.79. The number of nitro benzene ring substituents is 1. The Labute approximate surface area is 130 Å². The molecule has 23 heavy (non-hydrogen) atoms. The van der Waals surface area contributed by atoms with Gasteiger partial charge in [-0.25, -0.2) is 4.98 Å². The molecule has 0 fully saturated rings. The van der Waals surface area contributed by atoms with Crippen LogP contribution in [-0.2, 0) is 0 Å². The van der Waals surface area contributed by atoms with Crippen LogP contribution >= 0.6 is 0 Å². The molecule has 0 radical (unpaired) electrons. The predicted octanol–water partition coefficient (Wildman–Crippen LogP) is 2.69. The van der Waals surface area contributed by atoms with Crippen molar-refractivity contribution in [1.82, 2.24) is 9.55 Å². The van der Waals surface area contributed by atoms with Gasteiger partial charge in [0.15, 0.2) is 0 Å². The Hall–Kier alpha value is -3.22. The SMILES string of the molecule is CCOc1ccc(-n2c(=O)cnc3ccc([N+](=O)[O-])cc32)cc1. The highest BCUT2D eigenvalue weighted by molar-refractivity contribution is 5.79. The number of benzene rings is 2. The number of hydrogen-bond donors (Lipinski definition) is 0. The largest absolute Gasteiger partial charge is 0.494 e. The van der Waals surface area contributed by atoms with Crippen molar-refractivity contribution in [2.45, 2.75) is 6.92 Å². The molecule has 0 amide bonds. The van der Waals surface area contributed by atoms with Gasteiger partial charge in [-0.2, -0.15) is 0 Å². The minimum Gasteiger partial charge on any atom is -0.494 e. The lowest BCUT2D eigenvalue weighted by Crippen LogP contribution is -2.18. The number of aromatic nitrogens is 2. The van der Waals surface area contributed by atoms with Crippen LogP contribution in [0.15, 0.2) is 53.5 Å². The first kappa shape index (κ1) is 14.7. The summed E-state index contributed by atoms with van der Waals surface area (Å²) in [5.74, 6) is 0.689. The zero-order valence-corrected chi connectivity index (χ0v) is 12.3. The van der Waals surface area contributed by atoms with Crippen LogP contribution in [0.2, 0.25) is 0 Å². The molecular weight excluding hydrogens is 298 g/mol. The van der Waals surface area contributed by atoms with Crippen LogP contribution in [0.3, 0.4) is 0 Å². The van der Waals surface area contributed by atoms with Gasteiger partial charge in [0.05, 0.1) is 28.8 Å². The maximum absolute atomic E-state index is 12.2. The average molecular weight is 311 g/mol. The Morgan fingerprint density at radius 3 is 2.61 bits per heavy atom. The van der Waals surface area contributed by atoms with E-state index in [1.165, 1.54) is 29.0 Å². The molecule has 0 saturated heterocycles. The first-order valence-electron chi connectivity index (χ1n) is 6.99. The zero-order chi connectivity index (χ0) is 16.4. The maximum Gasteiger partial charge on any atom is 0.274 e. The van der Waals surface area contributed by atoms with E-state index < -0.39 is 4.92 Å². The first-order valence-corrected chi connectivity index (χ1v) is 6.99. The van der Waals surface area contributed by atoms with E-state index in [4.69, 9.17) is 4.74 Å². The third-order valence-corrected chi connectivity index (χ3v) is 3.35. The van der Waals surface area contributed by atoms with Gasteiger partial charge in [0.25, 0.3) is 11.2 Å². The first-order chi connectivity index (χ1) is 11.1. The number of fused-ring (bicyclic) bond motifs is 1. The van der Waals surface area contributed by atoms with E-state index in [2.05, 4.69) is 4.98 Å². The Kier molecular flexibility index (Phi) is 3.76. The highest BCUT2D eigenvalue weighted by Gasteiger charge is 2.12. The average Bonchev–Trinajstić information content (AvgIpc) is 2.55. The Morgan fingerprint density at radius 2 is 1.96 bits per heavy atom. The number of ether oxygens (including phenoxy) is 1. The summed E-state index contributed by atoms with van der Waals surface area (Å²) in [6.45, 7) is 2.43. The van der Waals surface area contributed by atoms with Gasteiger partial charge in [0, 0.05) is 17.8 Å². The van der Waals surface area contributed by atoms with Crippen molar-refractivity contribution in [3.63, 3.8) is 0 Å². The van der Waals surface area contributed by atoms with E-state index >= 15 is 0 Å². The molecule has 1 aromatic heterocycles. The molecule has 2 aromatic carbocycles. The van der Waals surface area contributed by atoms with Crippen molar-refractivity contribution in [2.75, 3.05) is 6.61 Å². The van der Waals surface area contributed by atoms with Gasteiger partial charge in [0.2, 0.25) is 0 Å². The molecule has 116 valence electrons. The van der Waals surface area contributed by atoms with Crippen molar-refractivity contribution in [2.24, 2.45) is 0 Å².